The summed E-state index contributed by atoms with van der Waals surface area (Å²) in [5.41, 5.74) is 0.532. The summed E-state index contributed by atoms with van der Waals surface area (Å²) in [5.74, 6) is 0. The molecule has 0 fully saturated rings. The Labute approximate surface area is 72.2 Å². The summed E-state index contributed by atoms with van der Waals surface area (Å²) in [7, 11) is 0. The van der Waals surface area contributed by atoms with Gasteiger partial charge in [0.15, 0.2) is 0 Å². The number of hydrogen-bond donors (Lipinski definition) is 0. The van der Waals surface area contributed by atoms with Crippen molar-refractivity contribution in [2.45, 2.75) is 0 Å². The predicted molar refractivity (Wildman–Crippen MR) is 42.0 cm³/mol. The average molecular weight is 219 g/mol. The third-order valence-corrected chi connectivity index (χ3v) is 2.05. The van der Waals surface area contributed by atoms with Crippen molar-refractivity contribution in [3.8, 4) is 0 Å². The molecule has 10 heavy (non-hydrogen) atoms. The molecule has 0 aromatic heterocycles. The molecule has 1 radical (unpaired) electrons. The first-order valence-electron chi connectivity index (χ1n) is 2.67. The number of carbonyl (C=O) groups excluding carboxylic acids is 1. The molecule has 1 nitrogen and oxygen atoms in total. The van der Waals surface area contributed by atoms with E-state index in [1.165, 1.54) is 0 Å². The van der Waals surface area contributed by atoms with Crippen molar-refractivity contribution in [3.63, 3.8) is 0 Å². The number of halogens is 1. The van der Waals surface area contributed by atoms with E-state index >= 15 is 0 Å². The zero-order chi connectivity index (χ0) is 7.56. The fourth-order valence-electron chi connectivity index (χ4n) is 0.629. The van der Waals surface area contributed by atoms with Gasteiger partial charge in [-0.05, 0) is 0 Å². The fourth-order valence-corrected chi connectivity index (χ4v) is 1.42. The molecule has 0 saturated heterocycles. The Morgan fingerprint density at radius 2 is 2.00 bits per heavy atom. The summed E-state index contributed by atoms with van der Waals surface area (Å²) in [6.45, 7) is 0. The van der Waals surface area contributed by atoms with E-state index in [1.54, 1.807) is 18.2 Å². The molecule has 0 aliphatic carbocycles. The Morgan fingerprint density at radius 3 is 2.40 bits per heavy atom. The number of rotatable bonds is 1. The summed E-state index contributed by atoms with van der Waals surface area (Å²) in [5, 5.41) is -0.422. The second-order valence-corrected chi connectivity index (χ2v) is 3.04. The van der Waals surface area contributed by atoms with Crippen LogP contribution < -0.4 is 4.46 Å². The van der Waals surface area contributed by atoms with Gasteiger partial charge in [-0.3, -0.25) is 0 Å². The molecule has 0 spiro atoms. The maximum atomic E-state index is 10.6. The van der Waals surface area contributed by atoms with Crippen molar-refractivity contribution in [3.05, 3.63) is 29.8 Å². The van der Waals surface area contributed by atoms with Gasteiger partial charge in [0.25, 0.3) is 0 Å². The van der Waals surface area contributed by atoms with Crippen molar-refractivity contribution in [1.29, 1.82) is 0 Å². The summed E-state index contributed by atoms with van der Waals surface area (Å²) >= 11 is 8.00. The van der Waals surface area contributed by atoms with Crippen LogP contribution >= 0.6 is 11.6 Å². The SMILES string of the molecule is O=C(Cl)c1ccccc1[Se]. The Bertz CT molecular complexity index is 260. The van der Waals surface area contributed by atoms with Crippen molar-refractivity contribution in [2.24, 2.45) is 0 Å². The van der Waals surface area contributed by atoms with E-state index in [1.807, 2.05) is 6.07 Å². The van der Waals surface area contributed by atoms with Gasteiger partial charge in [0.05, 0.1) is 0 Å². The number of benzene rings is 1. The molecule has 0 unspecified atom stereocenters. The molecule has 1 aromatic carbocycles. The van der Waals surface area contributed by atoms with E-state index in [2.05, 4.69) is 16.0 Å². The van der Waals surface area contributed by atoms with Crippen LogP contribution in [0.1, 0.15) is 10.4 Å². The third kappa shape index (κ3) is 1.60. The van der Waals surface area contributed by atoms with Crippen LogP contribution in [0.15, 0.2) is 24.3 Å². The molecule has 1 aromatic rings. The second kappa shape index (κ2) is 3.20. The van der Waals surface area contributed by atoms with E-state index in [4.69, 9.17) is 11.6 Å². The van der Waals surface area contributed by atoms with Crippen LogP contribution in [0, 0.1) is 0 Å². The van der Waals surface area contributed by atoms with Gasteiger partial charge in [-0.25, -0.2) is 0 Å². The third-order valence-electron chi connectivity index (χ3n) is 1.10. The number of hydrogen-bond acceptors (Lipinski definition) is 1. The molecule has 51 valence electrons. The molecule has 0 heterocycles. The van der Waals surface area contributed by atoms with Gasteiger partial charge in [0, 0.05) is 0 Å². The molecule has 0 bridgehead atoms. The van der Waals surface area contributed by atoms with Crippen LogP contribution in [0.2, 0.25) is 0 Å². The quantitative estimate of drug-likeness (QED) is 0.505. The molecule has 0 amide bonds. The van der Waals surface area contributed by atoms with Gasteiger partial charge in [-0.15, -0.1) is 0 Å². The summed E-state index contributed by atoms with van der Waals surface area (Å²) in [6.07, 6.45) is 0. The van der Waals surface area contributed by atoms with Gasteiger partial charge in [0.2, 0.25) is 0 Å². The van der Waals surface area contributed by atoms with Crippen molar-refractivity contribution >= 4 is 37.3 Å². The molecule has 0 saturated carbocycles. The summed E-state index contributed by atoms with van der Waals surface area (Å²) in [6, 6.07) is 7.10. The molecule has 1 rings (SSSR count). The Balaban J connectivity index is 3.15. The first kappa shape index (κ1) is 7.80. The van der Waals surface area contributed by atoms with Gasteiger partial charge in [0.1, 0.15) is 0 Å². The van der Waals surface area contributed by atoms with Crippen molar-refractivity contribution in [1.82, 2.24) is 0 Å². The van der Waals surface area contributed by atoms with Gasteiger partial charge >= 0.3 is 71.9 Å². The summed E-state index contributed by atoms with van der Waals surface area (Å²) in [4.78, 5) is 10.6. The first-order valence-corrected chi connectivity index (χ1v) is 3.91. The molecule has 0 atom stereocenters. The molecular weight excluding hydrogens is 214 g/mol. The minimum absolute atomic E-state index is 0.422. The van der Waals surface area contributed by atoms with E-state index in [0.717, 1.165) is 4.46 Å². The number of carbonyl (C=O) groups is 1. The zero-order valence-electron chi connectivity index (χ0n) is 5.00. The van der Waals surface area contributed by atoms with E-state index in [9.17, 15) is 4.79 Å². The topological polar surface area (TPSA) is 17.1 Å². The van der Waals surface area contributed by atoms with Crippen molar-refractivity contribution in [2.75, 3.05) is 0 Å². The van der Waals surface area contributed by atoms with Crippen LogP contribution in [-0.2, 0) is 0 Å². The Hall–Kier alpha value is -0.301. The van der Waals surface area contributed by atoms with Gasteiger partial charge in [-0.2, -0.15) is 0 Å². The Morgan fingerprint density at radius 1 is 1.40 bits per heavy atom. The van der Waals surface area contributed by atoms with Crippen molar-refractivity contribution < 1.29 is 4.79 Å². The minimum atomic E-state index is -0.422. The van der Waals surface area contributed by atoms with E-state index in [0.29, 0.717) is 5.56 Å². The van der Waals surface area contributed by atoms with Crippen LogP contribution in [0.4, 0.5) is 0 Å². The fraction of sp³-hybridized carbons (Fsp3) is 0. The molecular formula is C7H4ClOSe. The predicted octanol–water partition coefficient (Wildman–Crippen LogP) is 0.859. The summed E-state index contributed by atoms with van der Waals surface area (Å²) < 4.78 is 0.794. The Kier molecular flexibility index (Phi) is 2.50. The standard InChI is InChI=1S/C7H4ClOSe/c8-7(9)5-3-1-2-4-6(5)10/h1-4H. The average Bonchev–Trinajstić information content (AvgIpc) is 1.88. The maximum absolute atomic E-state index is 10.6. The molecule has 0 aliphatic rings. The molecule has 0 aliphatic heterocycles. The molecule has 3 heteroatoms. The van der Waals surface area contributed by atoms with E-state index < -0.39 is 5.24 Å². The van der Waals surface area contributed by atoms with Gasteiger partial charge < -0.3 is 0 Å². The second-order valence-electron chi connectivity index (χ2n) is 1.77. The zero-order valence-corrected chi connectivity index (χ0v) is 7.47. The van der Waals surface area contributed by atoms with Crippen LogP contribution in [-0.4, -0.2) is 21.3 Å². The molecule has 0 N–H and O–H groups in total. The van der Waals surface area contributed by atoms with E-state index in [-0.39, 0.29) is 0 Å². The first-order chi connectivity index (χ1) is 4.72. The van der Waals surface area contributed by atoms with Gasteiger partial charge in [-0.1, -0.05) is 0 Å². The van der Waals surface area contributed by atoms with Crippen LogP contribution in [0.3, 0.4) is 0 Å². The normalized spacial score (nSPS) is 9.30. The monoisotopic (exact) mass is 219 g/mol. The van der Waals surface area contributed by atoms with Crippen LogP contribution in [0.5, 0.6) is 0 Å². The van der Waals surface area contributed by atoms with Crippen LogP contribution in [0.25, 0.3) is 0 Å².